The van der Waals surface area contributed by atoms with Crippen LogP contribution in [0.3, 0.4) is 0 Å². The Labute approximate surface area is 211 Å². The van der Waals surface area contributed by atoms with Crippen LogP contribution in [0.2, 0.25) is 0 Å². The monoisotopic (exact) mass is 471 g/mol. The molecule has 8 aliphatic rings. The molecule has 0 aromatic heterocycles. The summed E-state index contributed by atoms with van der Waals surface area (Å²) < 4.78 is 0. The van der Waals surface area contributed by atoms with Gasteiger partial charge in [0.1, 0.15) is 0 Å². The maximum atomic E-state index is 5.51. The lowest BCUT2D eigenvalue weighted by atomic mass is 9.46. The molecule has 0 amide bonds. The van der Waals surface area contributed by atoms with Crippen LogP contribution in [0.5, 0.6) is 0 Å². The summed E-state index contributed by atoms with van der Waals surface area (Å²) in [6.07, 6.45) is 15.7. The van der Waals surface area contributed by atoms with E-state index in [4.69, 9.17) is 5.73 Å². The fourth-order valence-corrected chi connectivity index (χ4v) is 10.0. The first-order valence-corrected chi connectivity index (χ1v) is 15.0. The molecular formula is C31H57N3. The van der Waals surface area contributed by atoms with Crippen molar-refractivity contribution < 1.29 is 0 Å². The van der Waals surface area contributed by atoms with E-state index in [1.54, 1.807) is 64.2 Å². The predicted molar refractivity (Wildman–Crippen MR) is 147 cm³/mol. The van der Waals surface area contributed by atoms with Crippen molar-refractivity contribution in [2.24, 2.45) is 68.9 Å². The summed E-state index contributed by atoms with van der Waals surface area (Å²) in [7, 11) is 0. The third-order valence-electron chi connectivity index (χ3n) is 11.3. The molecule has 0 aromatic rings. The van der Waals surface area contributed by atoms with Crippen molar-refractivity contribution in [3.05, 3.63) is 0 Å². The highest BCUT2D eigenvalue weighted by atomic mass is 15.1. The van der Waals surface area contributed by atoms with Gasteiger partial charge in [0.15, 0.2) is 5.96 Å². The summed E-state index contributed by atoms with van der Waals surface area (Å²) in [6, 6.07) is 0.633. The van der Waals surface area contributed by atoms with E-state index in [2.05, 4.69) is 38.0 Å². The summed E-state index contributed by atoms with van der Waals surface area (Å²) in [4.78, 5) is 4.10. The second-order valence-electron chi connectivity index (χ2n) is 15.0. The Morgan fingerprint density at radius 2 is 1.06 bits per heavy atom. The van der Waals surface area contributed by atoms with Crippen LogP contribution >= 0.6 is 0 Å². The normalized spacial score (nSPS) is 47.9. The Kier molecular flexibility index (Phi) is 7.72. The highest BCUT2D eigenvalue weighted by Gasteiger charge is 2.53. The van der Waals surface area contributed by atoms with E-state index in [0.717, 1.165) is 58.2 Å². The zero-order valence-corrected chi connectivity index (χ0v) is 23.9. The molecule has 3 heteroatoms. The molecule has 0 spiro atoms. The number of aliphatic imine (C=N–C) groups is 1. The molecular weight excluding hydrogens is 414 g/mol. The summed E-state index contributed by atoms with van der Waals surface area (Å²) in [5, 5.41) is 3.00. The van der Waals surface area contributed by atoms with E-state index in [-0.39, 0.29) is 6.04 Å². The molecule has 3 N–H and O–H groups in total. The van der Waals surface area contributed by atoms with Crippen molar-refractivity contribution in [3.63, 3.8) is 0 Å². The number of nitrogens with two attached hydrogens (primary N) is 1. The number of nitrogens with one attached hydrogen (secondary N) is 1. The van der Waals surface area contributed by atoms with Gasteiger partial charge in [0, 0.05) is 12.1 Å². The largest absolute Gasteiger partial charge is 0.370 e. The van der Waals surface area contributed by atoms with Gasteiger partial charge in [-0.1, -0.05) is 27.7 Å². The summed E-state index contributed by atoms with van der Waals surface area (Å²) >= 11 is 0. The minimum atomic E-state index is 0.270. The molecule has 6 atom stereocenters. The van der Waals surface area contributed by atoms with Crippen LogP contribution in [0, 0.1) is 58.2 Å². The lowest BCUT2D eigenvalue weighted by molar-refractivity contribution is -0.0907. The molecule has 8 fully saturated rings. The van der Waals surface area contributed by atoms with Crippen molar-refractivity contribution in [2.75, 3.05) is 0 Å². The van der Waals surface area contributed by atoms with Gasteiger partial charge in [-0.15, -0.1) is 0 Å². The van der Waals surface area contributed by atoms with E-state index in [9.17, 15) is 0 Å². The second-order valence-corrected chi connectivity index (χ2v) is 15.0. The maximum Gasteiger partial charge on any atom is 0.189 e. The average molecular weight is 472 g/mol. The van der Waals surface area contributed by atoms with Gasteiger partial charge in [-0.05, 0) is 150 Å². The van der Waals surface area contributed by atoms with Crippen LogP contribution in [-0.4, -0.2) is 18.0 Å². The molecule has 3 nitrogen and oxygen atoms in total. The van der Waals surface area contributed by atoms with E-state index in [1.807, 2.05) is 27.7 Å². The quantitative estimate of drug-likeness (QED) is 0.321. The Morgan fingerprint density at radius 3 is 1.32 bits per heavy atom. The Balaban J connectivity index is 0.000000122. The number of rotatable bonds is 2. The van der Waals surface area contributed by atoms with E-state index in [1.165, 1.54) is 0 Å². The molecule has 34 heavy (non-hydrogen) atoms. The minimum Gasteiger partial charge on any atom is -0.370 e. The van der Waals surface area contributed by atoms with Crippen molar-refractivity contribution in [3.8, 4) is 0 Å². The predicted octanol–water partition coefficient (Wildman–Crippen LogP) is 7.64. The van der Waals surface area contributed by atoms with Crippen molar-refractivity contribution in [1.29, 1.82) is 0 Å². The van der Waals surface area contributed by atoms with Crippen molar-refractivity contribution >= 4 is 5.96 Å². The molecule has 0 saturated heterocycles. The van der Waals surface area contributed by atoms with Gasteiger partial charge in [0.05, 0.1) is 0 Å². The van der Waals surface area contributed by atoms with Gasteiger partial charge in [-0.3, -0.25) is 4.99 Å². The highest BCUT2D eigenvalue weighted by Crippen LogP contribution is 2.63. The van der Waals surface area contributed by atoms with Gasteiger partial charge < -0.3 is 11.1 Å². The number of nitrogens with zero attached hydrogens (tertiary/aromatic N) is 1. The van der Waals surface area contributed by atoms with E-state index >= 15 is 0 Å². The van der Waals surface area contributed by atoms with Crippen LogP contribution in [0.25, 0.3) is 0 Å². The molecule has 8 bridgehead atoms. The van der Waals surface area contributed by atoms with Gasteiger partial charge >= 0.3 is 0 Å². The van der Waals surface area contributed by atoms with Crippen LogP contribution in [0.4, 0.5) is 0 Å². The lowest BCUT2D eigenvalue weighted by Crippen LogP contribution is -2.50. The molecule has 0 aliphatic heterocycles. The topological polar surface area (TPSA) is 50.4 Å². The molecule has 0 aromatic carbocycles. The zero-order chi connectivity index (χ0) is 24.8. The molecule has 8 aliphatic carbocycles. The number of hydrogen-bond acceptors (Lipinski definition) is 1. The SMILES string of the molecule is CC(C)N=C(N)NC(C)C.CC1C2CC3CC(C2)CC1(C)C3.CC1C2CC3CC(C2)CC1(C)C3. The lowest BCUT2D eigenvalue weighted by Gasteiger charge is -2.59. The second kappa shape index (κ2) is 9.97. The Hall–Kier alpha value is -0.730. The molecule has 0 heterocycles. The zero-order valence-electron chi connectivity index (χ0n) is 23.9. The standard InChI is InChI=1S/2C12H20.C7H17N3/c2*1-8-11-4-9-3-10(5-11)7-12(8,2)6-9;1-5(2)9-7(8)10-6(3)4/h2*8-11H,3-7H2,1-2H3;5-6H,1-4H3,(H3,8,9,10). The third kappa shape index (κ3) is 5.64. The van der Waals surface area contributed by atoms with Gasteiger partial charge in [0.2, 0.25) is 0 Å². The summed E-state index contributed by atoms with van der Waals surface area (Å²) in [6.45, 7) is 18.2. The van der Waals surface area contributed by atoms with Crippen molar-refractivity contribution in [2.45, 2.75) is 132 Å². The van der Waals surface area contributed by atoms with Gasteiger partial charge in [-0.2, -0.15) is 0 Å². The number of hydrogen-bond donors (Lipinski definition) is 2. The number of guanidine groups is 1. The fraction of sp³-hybridized carbons (Fsp3) is 0.968. The smallest absolute Gasteiger partial charge is 0.189 e. The van der Waals surface area contributed by atoms with E-state index in [0.29, 0.717) is 12.0 Å². The molecule has 0 radical (unpaired) electrons. The molecule has 6 unspecified atom stereocenters. The van der Waals surface area contributed by atoms with E-state index < -0.39 is 0 Å². The van der Waals surface area contributed by atoms with Crippen molar-refractivity contribution in [1.82, 2.24) is 5.32 Å². The Morgan fingerprint density at radius 1 is 0.706 bits per heavy atom. The summed E-state index contributed by atoms with van der Waals surface area (Å²) in [5.41, 5.74) is 7.03. The highest BCUT2D eigenvalue weighted by molar-refractivity contribution is 5.78. The first kappa shape index (κ1) is 26.3. The first-order valence-electron chi connectivity index (χ1n) is 15.0. The van der Waals surface area contributed by atoms with Crippen LogP contribution in [-0.2, 0) is 0 Å². The van der Waals surface area contributed by atoms with Crippen LogP contribution < -0.4 is 11.1 Å². The first-order chi connectivity index (χ1) is 15.9. The molecule has 8 saturated carbocycles. The molecule has 196 valence electrons. The fourth-order valence-electron chi connectivity index (χ4n) is 10.0. The van der Waals surface area contributed by atoms with Crippen LogP contribution in [0.1, 0.15) is 120 Å². The minimum absolute atomic E-state index is 0.270. The Bertz CT molecular complexity index is 650. The average Bonchev–Trinajstić information content (AvgIpc) is 2.68. The maximum absolute atomic E-state index is 5.51. The van der Waals surface area contributed by atoms with Gasteiger partial charge in [-0.25, -0.2) is 0 Å². The van der Waals surface area contributed by atoms with Gasteiger partial charge in [0.25, 0.3) is 0 Å². The van der Waals surface area contributed by atoms with Crippen LogP contribution in [0.15, 0.2) is 4.99 Å². The molecule has 8 rings (SSSR count). The summed E-state index contributed by atoms with van der Waals surface area (Å²) in [5.74, 6) is 9.34. The third-order valence-corrected chi connectivity index (χ3v) is 11.3.